The molecule has 0 atom stereocenters. The van der Waals surface area contributed by atoms with Crippen molar-refractivity contribution in [1.82, 2.24) is 25.0 Å². The number of alkyl halides is 3. The number of unbranched alkanes of at least 4 members (excludes halogenated alkanes) is 1. The Morgan fingerprint density at radius 3 is 2.71 bits per heavy atom. The van der Waals surface area contributed by atoms with E-state index in [1.807, 2.05) is 6.92 Å². The van der Waals surface area contributed by atoms with Crippen LogP contribution in [0.4, 0.5) is 13.2 Å². The Balaban J connectivity index is 1.97. The molecule has 2 heterocycles. The van der Waals surface area contributed by atoms with Crippen LogP contribution in [0.5, 0.6) is 0 Å². The molecule has 0 aliphatic heterocycles. The summed E-state index contributed by atoms with van der Waals surface area (Å²) in [7, 11) is 0. The van der Waals surface area contributed by atoms with Crippen LogP contribution in [0.25, 0.3) is 0 Å². The number of nitrogens with zero attached hydrogens (tertiary/aromatic N) is 5. The Bertz CT molecular complexity index is 596. The van der Waals surface area contributed by atoms with Gasteiger partial charge in [0.05, 0.1) is 5.75 Å². The molecular formula is C10H13F3N6OS. The smallest absolute Gasteiger partial charge is 0.339 e. The standard InChI is InChI=1S/C10H13F3N6OS/c1-2-3-4-7-15-6(18-20-7)5-21-9-17-16-8(19(9)14)10(11,12)13/h2-5,14H2,1H3. The molecule has 116 valence electrons. The number of thioether (sulfide) groups is 1. The van der Waals surface area contributed by atoms with Crippen molar-refractivity contribution in [2.75, 3.05) is 5.84 Å². The molecule has 0 aliphatic rings. The van der Waals surface area contributed by atoms with Crippen molar-refractivity contribution in [2.24, 2.45) is 0 Å². The van der Waals surface area contributed by atoms with Gasteiger partial charge in [0.25, 0.3) is 5.82 Å². The number of halogens is 3. The average molecular weight is 322 g/mol. The molecule has 11 heteroatoms. The van der Waals surface area contributed by atoms with Gasteiger partial charge in [0.15, 0.2) is 5.82 Å². The number of nitrogen functional groups attached to an aromatic ring is 1. The van der Waals surface area contributed by atoms with E-state index in [9.17, 15) is 13.2 Å². The largest absolute Gasteiger partial charge is 0.453 e. The normalized spacial score (nSPS) is 12.0. The van der Waals surface area contributed by atoms with Crippen molar-refractivity contribution in [2.45, 2.75) is 43.3 Å². The van der Waals surface area contributed by atoms with E-state index in [2.05, 4.69) is 20.3 Å². The van der Waals surface area contributed by atoms with Gasteiger partial charge in [-0.05, 0) is 6.42 Å². The van der Waals surface area contributed by atoms with Crippen molar-refractivity contribution in [3.8, 4) is 0 Å². The number of hydrogen-bond acceptors (Lipinski definition) is 7. The summed E-state index contributed by atoms with van der Waals surface area (Å²) in [5.41, 5.74) is 0. The lowest BCUT2D eigenvalue weighted by Gasteiger charge is -2.05. The first kappa shape index (κ1) is 15.6. The first-order chi connectivity index (χ1) is 9.91. The number of aromatic nitrogens is 5. The Kier molecular flexibility index (Phi) is 4.70. The molecule has 2 aromatic rings. The predicted octanol–water partition coefficient (Wildman–Crippen LogP) is 2.03. The third-order valence-corrected chi connectivity index (χ3v) is 3.44. The van der Waals surface area contributed by atoms with E-state index < -0.39 is 12.0 Å². The molecule has 0 fully saturated rings. The SMILES string of the molecule is CCCCc1nc(CSc2nnc(C(F)(F)F)n2N)no1. The molecule has 0 spiro atoms. The predicted molar refractivity (Wildman–Crippen MR) is 67.6 cm³/mol. The first-order valence-corrected chi connectivity index (χ1v) is 7.12. The molecule has 0 aromatic carbocycles. The van der Waals surface area contributed by atoms with Crippen LogP contribution >= 0.6 is 11.8 Å². The molecule has 2 aromatic heterocycles. The molecule has 0 amide bonds. The average Bonchev–Trinajstić information content (AvgIpc) is 3.00. The van der Waals surface area contributed by atoms with Crippen LogP contribution in [-0.4, -0.2) is 25.0 Å². The highest BCUT2D eigenvalue weighted by molar-refractivity contribution is 7.98. The van der Waals surface area contributed by atoms with Gasteiger partial charge in [0.2, 0.25) is 11.0 Å². The zero-order valence-electron chi connectivity index (χ0n) is 11.1. The Labute approximate surface area is 122 Å². The highest BCUT2D eigenvalue weighted by atomic mass is 32.2. The van der Waals surface area contributed by atoms with Gasteiger partial charge in [0.1, 0.15) is 0 Å². The molecule has 0 aliphatic carbocycles. The second-order valence-corrected chi connectivity index (χ2v) is 5.11. The van der Waals surface area contributed by atoms with Crippen LogP contribution in [0.1, 0.15) is 37.3 Å². The van der Waals surface area contributed by atoms with Gasteiger partial charge in [-0.1, -0.05) is 30.3 Å². The van der Waals surface area contributed by atoms with Crippen LogP contribution in [0.3, 0.4) is 0 Å². The fraction of sp³-hybridized carbons (Fsp3) is 0.600. The summed E-state index contributed by atoms with van der Waals surface area (Å²) in [6.07, 6.45) is -2.02. The summed E-state index contributed by atoms with van der Waals surface area (Å²) >= 11 is 0.954. The molecule has 7 nitrogen and oxygen atoms in total. The molecule has 0 saturated carbocycles. The second kappa shape index (κ2) is 6.33. The van der Waals surface area contributed by atoms with Crippen molar-refractivity contribution in [3.63, 3.8) is 0 Å². The maximum absolute atomic E-state index is 12.5. The van der Waals surface area contributed by atoms with Crippen LogP contribution in [0.2, 0.25) is 0 Å². The highest BCUT2D eigenvalue weighted by Crippen LogP contribution is 2.29. The number of rotatable bonds is 6. The van der Waals surface area contributed by atoms with E-state index >= 15 is 0 Å². The molecule has 21 heavy (non-hydrogen) atoms. The summed E-state index contributed by atoms with van der Waals surface area (Å²) in [5.74, 6) is 5.15. The number of nitrogens with two attached hydrogens (primary N) is 1. The highest BCUT2D eigenvalue weighted by Gasteiger charge is 2.38. The summed E-state index contributed by atoms with van der Waals surface area (Å²) in [5, 5.41) is 10.1. The third kappa shape index (κ3) is 3.86. The van der Waals surface area contributed by atoms with Crippen LogP contribution < -0.4 is 5.84 Å². The minimum absolute atomic E-state index is 0.0674. The quantitative estimate of drug-likeness (QED) is 0.642. The van der Waals surface area contributed by atoms with E-state index in [1.54, 1.807) is 0 Å². The molecule has 0 unspecified atom stereocenters. The van der Waals surface area contributed by atoms with Crippen LogP contribution in [-0.2, 0) is 18.3 Å². The van der Waals surface area contributed by atoms with E-state index in [4.69, 9.17) is 10.4 Å². The van der Waals surface area contributed by atoms with E-state index in [0.29, 0.717) is 22.8 Å². The molecule has 0 saturated heterocycles. The van der Waals surface area contributed by atoms with Gasteiger partial charge < -0.3 is 10.4 Å². The maximum atomic E-state index is 12.5. The Morgan fingerprint density at radius 2 is 2.10 bits per heavy atom. The number of hydrogen-bond donors (Lipinski definition) is 1. The van der Waals surface area contributed by atoms with Crippen molar-refractivity contribution < 1.29 is 17.7 Å². The van der Waals surface area contributed by atoms with Crippen molar-refractivity contribution in [3.05, 3.63) is 17.5 Å². The summed E-state index contributed by atoms with van der Waals surface area (Å²) in [6.45, 7) is 2.04. The molecule has 0 bridgehead atoms. The fourth-order valence-electron chi connectivity index (χ4n) is 1.48. The molecule has 0 radical (unpaired) electrons. The Morgan fingerprint density at radius 1 is 1.33 bits per heavy atom. The maximum Gasteiger partial charge on any atom is 0.453 e. The minimum atomic E-state index is -4.64. The van der Waals surface area contributed by atoms with Gasteiger partial charge in [-0.15, -0.1) is 10.2 Å². The van der Waals surface area contributed by atoms with Crippen LogP contribution in [0.15, 0.2) is 9.68 Å². The first-order valence-electron chi connectivity index (χ1n) is 6.13. The van der Waals surface area contributed by atoms with Gasteiger partial charge in [-0.2, -0.15) is 18.2 Å². The number of aryl methyl sites for hydroxylation is 1. The summed E-state index contributed by atoms with van der Waals surface area (Å²) in [4.78, 5) is 4.13. The second-order valence-electron chi connectivity index (χ2n) is 4.17. The Hall–Kier alpha value is -1.78. The van der Waals surface area contributed by atoms with Gasteiger partial charge in [-0.25, -0.2) is 4.68 Å². The van der Waals surface area contributed by atoms with Crippen molar-refractivity contribution in [1.29, 1.82) is 0 Å². The molecular weight excluding hydrogens is 309 g/mol. The van der Waals surface area contributed by atoms with E-state index in [-0.39, 0.29) is 10.9 Å². The fourth-order valence-corrected chi connectivity index (χ4v) is 2.18. The lowest BCUT2D eigenvalue weighted by molar-refractivity contribution is -0.146. The lowest BCUT2D eigenvalue weighted by atomic mass is 10.2. The van der Waals surface area contributed by atoms with Crippen LogP contribution in [0, 0.1) is 0 Å². The van der Waals surface area contributed by atoms with Gasteiger partial charge in [0, 0.05) is 6.42 Å². The summed E-state index contributed by atoms with van der Waals surface area (Å²) < 4.78 is 42.9. The third-order valence-electron chi connectivity index (χ3n) is 2.50. The monoisotopic (exact) mass is 322 g/mol. The van der Waals surface area contributed by atoms with Crippen molar-refractivity contribution >= 4 is 11.8 Å². The zero-order valence-corrected chi connectivity index (χ0v) is 11.9. The van der Waals surface area contributed by atoms with Gasteiger partial charge >= 0.3 is 6.18 Å². The topological polar surface area (TPSA) is 95.7 Å². The molecule has 2 N–H and O–H groups in total. The van der Waals surface area contributed by atoms with E-state index in [1.165, 1.54) is 0 Å². The molecule has 2 rings (SSSR count). The van der Waals surface area contributed by atoms with Gasteiger partial charge in [-0.3, -0.25) is 0 Å². The lowest BCUT2D eigenvalue weighted by Crippen LogP contribution is -2.21. The minimum Gasteiger partial charge on any atom is -0.339 e. The summed E-state index contributed by atoms with van der Waals surface area (Å²) in [6, 6.07) is 0. The zero-order chi connectivity index (χ0) is 15.5. The van der Waals surface area contributed by atoms with E-state index in [0.717, 1.165) is 24.6 Å².